The number of benzene rings is 3. The molecular formula is C34H29FN6. The van der Waals surface area contributed by atoms with Crippen LogP contribution in [0.3, 0.4) is 0 Å². The fourth-order valence-electron chi connectivity index (χ4n) is 4.90. The van der Waals surface area contributed by atoms with E-state index in [4.69, 9.17) is 4.98 Å². The number of hydrogen-bond acceptors (Lipinski definition) is 4. The lowest BCUT2D eigenvalue weighted by molar-refractivity contribution is 0.628. The molecule has 0 atom stereocenters. The van der Waals surface area contributed by atoms with Crippen LogP contribution in [0.15, 0.2) is 115 Å². The summed E-state index contributed by atoms with van der Waals surface area (Å²) in [5.74, 6) is 0.343. The molecule has 0 fully saturated rings. The van der Waals surface area contributed by atoms with Gasteiger partial charge in [0.2, 0.25) is 0 Å². The van der Waals surface area contributed by atoms with Crippen LogP contribution in [0, 0.1) is 5.82 Å². The van der Waals surface area contributed by atoms with Crippen molar-refractivity contribution in [3.8, 4) is 22.8 Å². The zero-order valence-electron chi connectivity index (χ0n) is 22.7. The Morgan fingerprint density at radius 2 is 1.80 bits per heavy atom. The lowest BCUT2D eigenvalue weighted by Gasteiger charge is -2.09. The van der Waals surface area contributed by atoms with Crippen molar-refractivity contribution in [3.05, 3.63) is 132 Å². The zero-order valence-corrected chi connectivity index (χ0v) is 22.7. The summed E-state index contributed by atoms with van der Waals surface area (Å²) in [4.78, 5) is 12.8. The van der Waals surface area contributed by atoms with Crippen LogP contribution in [-0.4, -0.2) is 31.7 Å². The zero-order chi connectivity index (χ0) is 28.2. The van der Waals surface area contributed by atoms with E-state index in [-0.39, 0.29) is 5.82 Å². The predicted octanol–water partition coefficient (Wildman–Crippen LogP) is 7.61. The van der Waals surface area contributed by atoms with Crippen LogP contribution in [0.25, 0.3) is 50.3 Å². The first-order valence-corrected chi connectivity index (χ1v) is 13.5. The summed E-state index contributed by atoms with van der Waals surface area (Å²) in [6, 6.07) is 24.8. The van der Waals surface area contributed by atoms with Gasteiger partial charge in [0.05, 0.1) is 16.7 Å². The molecule has 3 N–H and O–H groups in total. The molecule has 202 valence electrons. The Labute approximate surface area is 237 Å². The number of rotatable bonds is 9. The van der Waals surface area contributed by atoms with E-state index >= 15 is 0 Å². The van der Waals surface area contributed by atoms with Gasteiger partial charge in [0.15, 0.2) is 5.82 Å². The molecule has 0 radical (unpaired) electrons. The molecule has 0 aliphatic carbocycles. The monoisotopic (exact) mass is 540 g/mol. The number of nitrogens with zero attached hydrogens (tertiary/aromatic N) is 3. The topological polar surface area (TPSA) is 82.3 Å². The van der Waals surface area contributed by atoms with Crippen LogP contribution in [-0.2, 0) is 6.54 Å². The predicted molar refractivity (Wildman–Crippen MR) is 164 cm³/mol. The Morgan fingerprint density at radius 3 is 2.59 bits per heavy atom. The van der Waals surface area contributed by atoms with Crippen molar-refractivity contribution in [2.24, 2.45) is 0 Å². The molecule has 3 aromatic carbocycles. The number of H-pyrrole nitrogens is 2. The summed E-state index contributed by atoms with van der Waals surface area (Å²) < 4.78 is 13.5. The molecule has 0 unspecified atom stereocenters. The van der Waals surface area contributed by atoms with Crippen LogP contribution in [0.4, 0.5) is 4.39 Å². The first kappa shape index (κ1) is 26.1. The molecule has 0 bridgehead atoms. The Kier molecular flexibility index (Phi) is 7.34. The Hall–Kier alpha value is -5.14. The van der Waals surface area contributed by atoms with Crippen molar-refractivity contribution >= 4 is 27.5 Å². The fourth-order valence-corrected chi connectivity index (χ4v) is 4.90. The minimum absolute atomic E-state index is 0.290. The normalized spacial score (nSPS) is 12.3. The number of aromatic nitrogens is 5. The van der Waals surface area contributed by atoms with Crippen LogP contribution in [0.5, 0.6) is 0 Å². The number of imidazole rings is 1. The number of fused-ring (bicyclic) bond motifs is 2. The van der Waals surface area contributed by atoms with Crippen molar-refractivity contribution < 1.29 is 4.39 Å². The summed E-state index contributed by atoms with van der Waals surface area (Å²) >= 11 is 0. The highest BCUT2D eigenvalue weighted by Crippen LogP contribution is 2.32. The molecule has 41 heavy (non-hydrogen) atoms. The molecular weight excluding hydrogens is 511 g/mol. The summed E-state index contributed by atoms with van der Waals surface area (Å²) in [6.07, 6.45) is 7.88. The number of nitrogens with one attached hydrogen (secondary N) is 3. The molecule has 7 heteroatoms. The van der Waals surface area contributed by atoms with Gasteiger partial charge in [0.25, 0.3) is 0 Å². The van der Waals surface area contributed by atoms with Gasteiger partial charge < -0.3 is 10.3 Å². The fraction of sp³-hybridized carbons (Fsp3) is 0.0882. The van der Waals surface area contributed by atoms with E-state index in [0.717, 1.165) is 50.9 Å². The second-order valence-corrected chi connectivity index (χ2v) is 9.74. The number of halogens is 1. The Bertz CT molecular complexity index is 1900. The number of allylic oxidation sites excluding steroid dienone is 3. The van der Waals surface area contributed by atoms with Crippen LogP contribution < -0.4 is 5.32 Å². The molecule has 0 aliphatic rings. The summed E-state index contributed by atoms with van der Waals surface area (Å²) in [5.41, 5.74) is 9.14. The van der Waals surface area contributed by atoms with Crippen LogP contribution >= 0.6 is 0 Å². The van der Waals surface area contributed by atoms with E-state index in [1.54, 1.807) is 18.3 Å². The Morgan fingerprint density at radius 1 is 0.976 bits per heavy atom. The first-order valence-electron chi connectivity index (χ1n) is 13.5. The minimum atomic E-state index is -0.290. The molecule has 3 aromatic heterocycles. The minimum Gasteiger partial charge on any atom is -0.336 e. The van der Waals surface area contributed by atoms with Crippen molar-refractivity contribution in [1.82, 2.24) is 30.5 Å². The molecule has 0 aliphatic heterocycles. The van der Waals surface area contributed by atoms with Crippen molar-refractivity contribution in [2.45, 2.75) is 13.5 Å². The molecule has 0 saturated heterocycles. The van der Waals surface area contributed by atoms with Gasteiger partial charge in [-0.2, -0.15) is 5.10 Å². The van der Waals surface area contributed by atoms with Crippen molar-refractivity contribution in [3.63, 3.8) is 0 Å². The van der Waals surface area contributed by atoms with Crippen LogP contribution in [0.2, 0.25) is 0 Å². The van der Waals surface area contributed by atoms with Gasteiger partial charge in [-0.1, -0.05) is 61.2 Å². The Balaban J connectivity index is 1.30. The summed E-state index contributed by atoms with van der Waals surface area (Å²) in [5, 5.41) is 12.2. The number of aromatic amines is 2. The van der Waals surface area contributed by atoms with E-state index in [9.17, 15) is 4.39 Å². The maximum Gasteiger partial charge on any atom is 0.159 e. The van der Waals surface area contributed by atoms with Gasteiger partial charge in [-0.3, -0.25) is 10.1 Å². The quantitative estimate of drug-likeness (QED) is 0.165. The van der Waals surface area contributed by atoms with Crippen molar-refractivity contribution in [2.75, 3.05) is 6.54 Å². The second kappa shape index (κ2) is 11.5. The second-order valence-electron chi connectivity index (χ2n) is 9.74. The van der Waals surface area contributed by atoms with Gasteiger partial charge in [0, 0.05) is 30.2 Å². The number of pyridine rings is 1. The molecule has 6 nitrogen and oxygen atoms in total. The van der Waals surface area contributed by atoms with Crippen LogP contribution in [0.1, 0.15) is 18.1 Å². The average Bonchev–Trinajstić information content (AvgIpc) is 3.64. The van der Waals surface area contributed by atoms with E-state index in [2.05, 4.69) is 68.5 Å². The highest BCUT2D eigenvalue weighted by Gasteiger charge is 2.16. The maximum atomic E-state index is 13.5. The molecule has 0 spiro atoms. The highest BCUT2D eigenvalue weighted by atomic mass is 19.1. The third-order valence-electron chi connectivity index (χ3n) is 7.05. The van der Waals surface area contributed by atoms with E-state index in [1.807, 2.05) is 43.3 Å². The SMILES string of the molecule is C=C/C(=C\C(=C/C)c1ccc2[nH]nc(-c3nc4c(-c5ccc(F)cc5)nccc4[nH]3)c2c1)CNCc1ccccc1. The standard InChI is InChI=1S/C34H29FN6/c1-3-22(20-36-21-23-8-6-5-7-9-23)18-24(4-2)26-12-15-29-28(19-26)32(41-40-29)34-38-30-16-17-37-31(33(30)39-34)25-10-13-27(35)14-11-25/h3-19,36H,1,20-21H2,2H3,(H,38,39)(H,40,41)/b22-18+,24-4+. The molecule has 6 aromatic rings. The third kappa shape index (κ3) is 5.48. The van der Waals surface area contributed by atoms with Gasteiger partial charge in [-0.15, -0.1) is 0 Å². The van der Waals surface area contributed by atoms with Gasteiger partial charge in [-0.25, -0.2) is 9.37 Å². The maximum absolute atomic E-state index is 13.5. The largest absolute Gasteiger partial charge is 0.336 e. The number of hydrogen-bond donors (Lipinski definition) is 3. The van der Waals surface area contributed by atoms with E-state index in [0.29, 0.717) is 23.6 Å². The molecule has 6 rings (SSSR count). The van der Waals surface area contributed by atoms with Crippen molar-refractivity contribution in [1.29, 1.82) is 0 Å². The van der Waals surface area contributed by atoms with Gasteiger partial charge in [0.1, 0.15) is 17.0 Å². The summed E-state index contributed by atoms with van der Waals surface area (Å²) in [7, 11) is 0. The van der Waals surface area contributed by atoms with E-state index < -0.39 is 0 Å². The lowest BCUT2D eigenvalue weighted by atomic mass is 10.00. The average molecular weight is 541 g/mol. The first-order chi connectivity index (χ1) is 20.1. The lowest BCUT2D eigenvalue weighted by Crippen LogP contribution is -2.15. The summed E-state index contributed by atoms with van der Waals surface area (Å²) in [6.45, 7) is 7.56. The third-order valence-corrected chi connectivity index (χ3v) is 7.05. The van der Waals surface area contributed by atoms with Gasteiger partial charge >= 0.3 is 0 Å². The molecule has 3 heterocycles. The van der Waals surface area contributed by atoms with Gasteiger partial charge in [-0.05, 0) is 71.7 Å². The molecule has 0 saturated carbocycles. The smallest absolute Gasteiger partial charge is 0.159 e. The van der Waals surface area contributed by atoms with E-state index in [1.165, 1.54) is 17.7 Å². The molecule has 0 amide bonds. The highest BCUT2D eigenvalue weighted by molar-refractivity contribution is 5.97.